The molecule has 0 saturated heterocycles. The molecular weight excluding hydrogens is 162 g/mol. The van der Waals surface area contributed by atoms with Gasteiger partial charge in [0.25, 0.3) is 0 Å². The lowest BCUT2D eigenvalue weighted by molar-refractivity contribution is -0.122. The molecule has 0 aromatic heterocycles. The monoisotopic (exact) mass is 185 g/mol. The van der Waals surface area contributed by atoms with Crippen molar-refractivity contribution in [2.24, 2.45) is 5.92 Å². The second kappa shape index (κ2) is 4.75. The second-order valence-electron chi connectivity index (χ2n) is 4.94. The standard InChI is InChI=1S/C11H23NO/c1-7-9(13)10(8(2)3)12-11(4,5)6/h8,10,12H,7H2,1-6H3. The molecule has 0 aromatic rings. The Morgan fingerprint density at radius 3 is 2.00 bits per heavy atom. The highest BCUT2D eigenvalue weighted by Crippen LogP contribution is 2.10. The van der Waals surface area contributed by atoms with E-state index in [0.717, 1.165) is 0 Å². The molecule has 13 heavy (non-hydrogen) atoms. The van der Waals surface area contributed by atoms with Crippen molar-refractivity contribution < 1.29 is 4.79 Å². The molecule has 0 aliphatic rings. The van der Waals surface area contributed by atoms with Crippen LogP contribution in [0.5, 0.6) is 0 Å². The van der Waals surface area contributed by atoms with Crippen LogP contribution in [0.1, 0.15) is 48.0 Å². The maximum absolute atomic E-state index is 11.6. The van der Waals surface area contributed by atoms with E-state index in [4.69, 9.17) is 0 Å². The molecular formula is C11H23NO. The van der Waals surface area contributed by atoms with Gasteiger partial charge in [-0.15, -0.1) is 0 Å². The zero-order valence-electron chi connectivity index (χ0n) is 9.77. The first kappa shape index (κ1) is 12.6. The Kier molecular flexibility index (Phi) is 4.62. The summed E-state index contributed by atoms with van der Waals surface area (Å²) in [4.78, 5) is 11.6. The SMILES string of the molecule is CCC(=O)C(NC(C)(C)C)C(C)C. The summed E-state index contributed by atoms with van der Waals surface area (Å²) in [5.74, 6) is 0.677. The number of hydrogen-bond donors (Lipinski definition) is 1. The molecule has 1 unspecified atom stereocenters. The van der Waals surface area contributed by atoms with Gasteiger partial charge in [-0.1, -0.05) is 20.8 Å². The summed E-state index contributed by atoms with van der Waals surface area (Å²) in [7, 11) is 0. The van der Waals surface area contributed by atoms with Crippen molar-refractivity contribution in [3.05, 3.63) is 0 Å². The van der Waals surface area contributed by atoms with Gasteiger partial charge in [0.05, 0.1) is 6.04 Å². The van der Waals surface area contributed by atoms with Crippen molar-refractivity contribution in [3.8, 4) is 0 Å². The third kappa shape index (κ3) is 5.04. The van der Waals surface area contributed by atoms with Gasteiger partial charge in [0.15, 0.2) is 0 Å². The largest absolute Gasteiger partial charge is 0.303 e. The highest BCUT2D eigenvalue weighted by molar-refractivity contribution is 5.84. The number of ketones is 1. The van der Waals surface area contributed by atoms with Gasteiger partial charge in [0, 0.05) is 12.0 Å². The van der Waals surface area contributed by atoms with Gasteiger partial charge in [0.2, 0.25) is 0 Å². The molecule has 0 rings (SSSR count). The van der Waals surface area contributed by atoms with Crippen molar-refractivity contribution in [2.75, 3.05) is 0 Å². The Morgan fingerprint density at radius 2 is 1.77 bits per heavy atom. The van der Waals surface area contributed by atoms with Crippen LogP contribution in [-0.2, 0) is 4.79 Å². The minimum atomic E-state index is 0.00463. The van der Waals surface area contributed by atoms with Crippen molar-refractivity contribution in [2.45, 2.75) is 59.5 Å². The Morgan fingerprint density at radius 1 is 1.31 bits per heavy atom. The van der Waals surface area contributed by atoms with Crippen molar-refractivity contribution in [1.82, 2.24) is 5.32 Å². The van der Waals surface area contributed by atoms with Crippen molar-refractivity contribution in [3.63, 3.8) is 0 Å². The normalized spacial score (nSPS) is 14.7. The van der Waals surface area contributed by atoms with E-state index in [9.17, 15) is 4.79 Å². The molecule has 0 saturated carbocycles. The van der Waals surface area contributed by atoms with Gasteiger partial charge in [-0.25, -0.2) is 0 Å². The topological polar surface area (TPSA) is 29.1 Å². The van der Waals surface area contributed by atoms with E-state index >= 15 is 0 Å². The highest BCUT2D eigenvalue weighted by Gasteiger charge is 2.24. The first-order chi connectivity index (χ1) is 5.78. The second-order valence-corrected chi connectivity index (χ2v) is 4.94. The van der Waals surface area contributed by atoms with Crippen LogP contribution in [0, 0.1) is 5.92 Å². The summed E-state index contributed by atoms with van der Waals surface area (Å²) in [5, 5.41) is 3.36. The molecule has 0 aliphatic carbocycles. The molecule has 0 amide bonds. The van der Waals surface area contributed by atoms with E-state index in [1.165, 1.54) is 0 Å². The maximum Gasteiger partial charge on any atom is 0.149 e. The molecule has 78 valence electrons. The quantitative estimate of drug-likeness (QED) is 0.728. The highest BCUT2D eigenvalue weighted by atomic mass is 16.1. The van der Waals surface area contributed by atoms with Crippen LogP contribution in [0.4, 0.5) is 0 Å². The van der Waals surface area contributed by atoms with Crippen LogP contribution >= 0.6 is 0 Å². The Hall–Kier alpha value is -0.370. The van der Waals surface area contributed by atoms with Crippen LogP contribution in [0.3, 0.4) is 0 Å². The first-order valence-electron chi connectivity index (χ1n) is 5.08. The lowest BCUT2D eigenvalue weighted by Gasteiger charge is -2.30. The summed E-state index contributed by atoms with van der Waals surface area (Å²) in [6, 6.07) is 0.00463. The van der Waals surface area contributed by atoms with Gasteiger partial charge < -0.3 is 5.32 Å². The van der Waals surface area contributed by atoms with E-state index in [1.807, 2.05) is 6.92 Å². The minimum Gasteiger partial charge on any atom is -0.303 e. The van der Waals surface area contributed by atoms with E-state index < -0.39 is 0 Å². The van der Waals surface area contributed by atoms with Crippen LogP contribution in [0.25, 0.3) is 0 Å². The molecule has 0 bridgehead atoms. The minimum absolute atomic E-state index is 0.00463. The van der Waals surface area contributed by atoms with Gasteiger partial charge in [0.1, 0.15) is 5.78 Å². The average Bonchev–Trinajstić information content (AvgIpc) is 1.96. The van der Waals surface area contributed by atoms with Crippen molar-refractivity contribution >= 4 is 5.78 Å². The molecule has 0 fully saturated rings. The van der Waals surface area contributed by atoms with Crippen LogP contribution in [-0.4, -0.2) is 17.4 Å². The maximum atomic E-state index is 11.6. The van der Waals surface area contributed by atoms with Gasteiger partial charge >= 0.3 is 0 Å². The third-order valence-electron chi connectivity index (χ3n) is 1.95. The number of rotatable bonds is 4. The van der Waals surface area contributed by atoms with E-state index in [0.29, 0.717) is 18.1 Å². The fourth-order valence-electron chi connectivity index (χ4n) is 1.31. The van der Waals surface area contributed by atoms with Gasteiger partial charge in [-0.3, -0.25) is 4.79 Å². The Bertz CT molecular complexity index is 167. The number of Topliss-reactive ketones (excluding diaryl/α,β-unsaturated/α-hetero) is 1. The van der Waals surface area contributed by atoms with Crippen LogP contribution in [0.2, 0.25) is 0 Å². The molecule has 2 heteroatoms. The number of carbonyl (C=O) groups is 1. The fourth-order valence-corrected chi connectivity index (χ4v) is 1.31. The van der Waals surface area contributed by atoms with E-state index in [-0.39, 0.29) is 11.6 Å². The van der Waals surface area contributed by atoms with Gasteiger partial charge in [-0.05, 0) is 26.7 Å². The molecule has 1 N–H and O–H groups in total. The number of hydrogen-bond acceptors (Lipinski definition) is 2. The number of carbonyl (C=O) groups excluding carboxylic acids is 1. The smallest absolute Gasteiger partial charge is 0.149 e. The zero-order valence-corrected chi connectivity index (χ0v) is 9.77. The zero-order chi connectivity index (χ0) is 10.6. The summed E-state index contributed by atoms with van der Waals surface area (Å²) >= 11 is 0. The fraction of sp³-hybridized carbons (Fsp3) is 0.909. The predicted octanol–water partition coefficient (Wildman–Crippen LogP) is 2.38. The lowest BCUT2D eigenvalue weighted by atomic mass is 9.95. The van der Waals surface area contributed by atoms with E-state index in [2.05, 4.69) is 39.9 Å². The molecule has 0 heterocycles. The average molecular weight is 185 g/mol. The Balaban J connectivity index is 4.36. The van der Waals surface area contributed by atoms with E-state index in [1.54, 1.807) is 0 Å². The Labute approximate surface area is 82.1 Å². The molecule has 2 nitrogen and oxygen atoms in total. The van der Waals surface area contributed by atoms with Gasteiger partial charge in [-0.2, -0.15) is 0 Å². The summed E-state index contributed by atoms with van der Waals surface area (Å²) in [6.07, 6.45) is 0.617. The third-order valence-corrected chi connectivity index (χ3v) is 1.95. The molecule has 0 aliphatic heterocycles. The molecule has 0 spiro atoms. The molecule has 0 radical (unpaired) electrons. The summed E-state index contributed by atoms with van der Waals surface area (Å²) in [5.41, 5.74) is 0.0137. The lowest BCUT2D eigenvalue weighted by Crippen LogP contribution is -2.50. The predicted molar refractivity (Wildman–Crippen MR) is 56.8 cm³/mol. The first-order valence-corrected chi connectivity index (χ1v) is 5.08. The summed E-state index contributed by atoms with van der Waals surface area (Å²) in [6.45, 7) is 12.3. The van der Waals surface area contributed by atoms with Crippen LogP contribution in [0.15, 0.2) is 0 Å². The summed E-state index contributed by atoms with van der Waals surface area (Å²) < 4.78 is 0. The van der Waals surface area contributed by atoms with Crippen molar-refractivity contribution in [1.29, 1.82) is 0 Å². The molecule has 0 aromatic carbocycles. The molecule has 1 atom stereocenters. The number of nitrogens with one attached hydrogen (secondary N) is 1. The van der Waals surface area contributed by atoms with Crippen LogP contribution < -0.4 is 5.32 Å².